The Kier molecular flexibility index (Phi) is 6.82. The van der Waals surface area contributed by atoms with Gasteiger partial charge < -0.3 is 14.8 Å². The number of ether oxygens (including phenoxy) is 2. The van der Waals surface area contributed by atoms with Gasteiger partial charge in [0.15, 0.2) is 0 Å². The quantitative estimate of drug-likeness (QED) is 0.752. The third-order valence-corrected chi connectivity index (χ3v) is 3.69. The number of carbonyl (C=O) groups is 1. The van der Waals surface area contributed by atoms with Gasteiger partial charge in [0.25, 0.3) is 0 Å². The molecule has 6 heteroatoms. The first kappa shape index (κ1) is 16.5. The van der Waals surface area contributed by atoms with Gasteiger partial charge in [0.1, 0.15) is 11.8 Å². The Labute approximate surface area is 130 Å². The number of hydrogen-bond donors (Lipinski definition) is 1. The minimum absolute atomic E-state index is 0.274. The van der Waals surface area contributed by atoms with E-state index in [1.165, 1.54) is 7.11 Å². The molecule has 0 aromatic heterocycles. The molecule has 0 aliphatic rings. The second-order valence-electron chi connectivity index (χ2n) is 3.95. The molecule has 0 bridgehead atoms. The fraction of sp³-hybridized carbons (Fsp3) is 0.462. The Morgan fingerprint density at radius 3 is 2.42 bits per heavy atom. The summed E-state index contributed by atoms with van der Waals surface area (Å²) in [4.78, 5) is 11.3. The summed E-state index contributed by atoms with van der Waals surface area (Å²) < 4.78 is 11.9. The lowest BCUT2D eigenvalue weighted by Gasteiger charge is -2.14. The minimum atomic E-state index is -0.339. The molecule has 19 heavy (non-hydrogen) atoms. The van der Waals surface area contributed by atoms with Crippen molar-refractivity contribution in [2.24, 2.45) is 0 Å². The van der Waals surface area contributed by atoms with Crippen LogP contribution in [0.3, 0.4) is 0 Å². The number of rotatable bonds is 6. The first-order chi connectivity index (χ1) is 8.99. The van der Waals surface area contributed by atoms with E-state index >= 15 is 0 Å². The van der Waals surface area contributed by atoms with E-state index in [2.05, 4.69) is 41.9 Å². The first-order valence-corrected chi connectivity index (χ1v) is 7.50. The monoisotopic (exact) mass is 393 g/mol. The maximum Gasteiger partial charge on any atom is 0.322 e. The molecule has 0 fully saturated rings. The maximum atomic E-state index is 11.3. The predicted octanol–water partition coefficient (Wildman–Crippen LogP) is 3.26. The molecule has 0 aliphatic heterocycles. The van der Waals surface area contributed by atoms with Crippen LogP contribution >= 0.6 is 31.9 Å². The topological polar surface area (TPSA) is 47.6 Å². The second kappa shape index (κ2) is 7.87. The lowest BCUT2D eigenvalue weighted by molar-refractivity contribution is -0.142. The van der Waals surface area contributed by atoms with E-state index in [9.17, 15) is 4.79 Å². The fourth-order valence-electron chi connectivity index (χ4n) is 1.53. The highest BCUT2D eigenvalue weighted by atomic mass is 79.9. The summed E-state index contributed by atoms with van der Waals surface area (Å²) in [6.07, 6.45) is 0. The molecule has 0 radical (unpaired) electrons. The van der Waals surface area contributed by atoms with Gasteiger partial charge in [0, 0.05) is 6.54 Å². The van der Waals surface area contributed by atoms with Crippen molar-refractivity contribution in [3.8, 4) is 5.75 Å². The number of benzene rings is 1. The van der Waals surface area contributed by atoms with Gasteiger partial charge in [-0.2, -0.15) is 0 Å². The van der Waals surface area contributed by atoms with Gasteiger partial charge >= 0.3 is 5.97 Å². The number of methoxy groups -OCH3 is 1. The SMILES string of the molecule is CCOc1c(Br)cc(CNC(C)C(=O)OC)cc1Br. The van der Waals surface area contributed by atoms with Crippen LogP contribution in [0.4, 0.5) is 0 Å². The van der Waals surface area contributed by atoms with Crippen LogP contribution in [0.5, 0.6) is 5.75 Å². The van der Waals surface area contributed by atoms with Gasteiger partial charge in [-0.3, -0.25) is 4.79 Å². The van der Waals surface area contributed by atoms with E-state index in [1.54, 1.807) is 6.92 Å². The molecule has 0 amide bonds. The van der Waals surface area contributed by atoms with Gasteiger partial charge in [-0.05, 0) is 63.4 Å². The van der Waals surface area contributed by atoms with Crippen LogP contribution in [0.2, 0.25) is 0 Å². The third kappa shape index (κ3) is 4.78. The van der Waals surface area contributed by atoms with Crippen molar-refractivity contribution in [1.82, 2.24) is 5.32 Å². The van der Waals surface area contributed by atoms with Crippen LogP contribution in [-0.4, -0.2) is 25.7 Å². The summed E-state index contributed by atoms with van der Waals surface area (Å²) in [6.45, 7) is 4.88. The average Bonchev–Trinajstić information content (AvgIpc) is 2.39. The molecule has 0 saturated heterocycles. The molecule has 4 nitrogen and oxygen atoms in total. The summed E-state index contributed by atoms with van der Waals surface area (Å²) in [5, 5.41) is 3.10. The number of halogens is 2. The van der Waals surface area contributed by atoms with Gasteiger partial charge in [0.05, 0.1) is 22.7 Å². The predicted molar refractivity (Wildman–Crippen MR) is 81.3 cm³/mol. The lowest BCUT2D eigenvalue weighted by Crippen LogP contribution is -2.34. The highest BCUT2D eigenvalue weighted by Gasteiger charge is 2.13. The summed E-state index contributed by atoms with van der Waals surface area (Å²) in [5.41, 5.74) is 1.04. The maximum absolute atomic E-state index is 11.3. The number of carbonyl (C=O) groups excluding carboxylic acids is 1. The Hall–Kier alpha value is -0.590. The van der Waals surface area contributed by atoms with Crippen molar-refractivity contribution in [2.75, 3.05) is 13.7 Å². The standard InChI is InChI=1S/C13H17Br2NO3/c1-4-19-12-10(14)5-9(6-11(12)15)7-16-8(2)13(17)18-3/h5-6,8,16H,4,7H2,1-3H3. The van der Waals surface area contributed by atoms with E-state index in [1.807, 2.05) is 19.1 Å². The van der Waals surface area contributed by atoms with Crippen LogP contribution in [0.1, 0.15) is 19.4 Å². The molecule has 0 spiro atoms. The van der Waals surface area contributed by atoms with E-state index in [0.29, 0.717) is 13.2 Å². The summed E-state index contributed by atoms with van der Waals surface area (Å²) in [7, 11) is 1.38. The first-order valence-electron chi connectivity index (χ1n) is 5.91. The molecule has 1 atom stereocenters. The number of nitrogens with one attached hydrogen (secondary N) is 1. The zero-order valence-electron chi connectivity index (χ0n) is 11.1. The molecule has 0 aliphatic carbocycles. The van der Waals surface area contributed by atoms with E-state index in [0.717, 1.165) is 20.3 Å². The molecule has 106 valence electrons. The number of hydrogen-bond acceptors (Lipinski definition) is 4. The van der Waals surface area contributed by atoms with Crippen LogP contribution in [-0.2, 0) is 16.1 Å². The Morgan fingerprint density at radius 2 is 1.95 bits per heavy atom. The largest absolute Gasteiger partial charge is 0.492 e. The summed E-state index contributed by atoms with van der Waals surface area (Å²) >= 11 is 6.95. The van der Waals surface area contributed by atoms with E-state index < -0.39 is 0 Å². The fourth-order valence-corrected chi connectivity index (χ4v) is 3.04. The minimum Gasteiger partial charge on any atom is -0.492 e. The van der Waals surface area contributed by atoms with Crippen LogP contribution in [0, 0.1) is 0 Å². The molecule has 1 aromatic carbocycles. The molecular formula is C13H17Br2NO3. The van der Waals surface area contributed by atoms with Crippen molar-refractivity contribution in [3.05, 3.63) is 26.6 Å². The van der Waals surface area contributed by atoms with Crippen molar-refractivity contribution in [1.29, 1.82) is 0 Å². The highest BCUT2D eigenvalue weighted by molar-refractivity contribution is 9.11. The molecule has 0 heterocycles. The zero-order valence-corrected chi connectivity index (χ0v) is 14.3. The Bertz CT molecular complexity index is 429. The van der Waals surface area contributed by atoms with Gasteiger partial charge in [-0.25, -0.2) is 0 Å². The lowest BCUT2D eigenvalue weighted by atomic mass is 10.2. The van der Waals surface area contributed by atoms with Crippen LogP contribution in [0.25, 0.3) is 0 Å². The van der Waals surface area contributed by atoms with Crippen molar-refractivity contribution < 1.29 is 14.3 Å². The van der Waals surface area contributed by atoms with E-state index in [4.69, 9.17) is 4.74 Å². The van der Waals surface area contributed by atoms with Crippen molar-refractivity contribution in [2.45, 2.75) is 26.4 Å². The van der Waals surface area contributed by atoms with Crippen molar-refractivity contribution in [3.63, 3.8) is 0 Å². The van der Waals surface area contributed by atoms with Crippen LogP contribution in [0.15, 0.2) is 21.1 Å². The van der Waals surface area contributed by atoms with Crippen LogP contribution < -0.4 is 10.1 Å². The Balaban J connectivity index is 2.73. The van der Waals surface area contributed by atoms with Gasteiger partial charge in [-0.1, -0.05) is 0 Å². The Morgan fingerprint density at radius 1 is 1.37 bits per heavy atom. The van der Waals surface area contributed by atoms with Gasteiger partial charge in [0.2, 0.25) is 0 Å². The molecule has 1 unspecified atom stereocenters. The second-order valence-corrected chi connectivity index (χ2v) is 5.66. The number of esters is 1. The average molecular weight is 395 g/mol. The molecular weight excluding hydrogens is 378 g/mol. The smallest absolute Gasteiger partial charge is 0.322 e. The molecule has 1 aromatic rings. The third-order valence-electron chi connectivity index (χ3n) is 2.51. The summed E-state index contributed by atoms with van der Waals surface area (Å²) in [5.74, 6) is 0.510. The van der Waals surface area contributed by atoms with E-state index in [-0.39, 0.29) is 12.0 Å². The molecule has 1 rings (SSSR count). The summed E-state index contributed by atoms with van der Waals surface area (Å²) in [6, 6.07) is 3.59. The van der Waals surface area contributed by atoms with Crippen molar-refractivity contribution >= 4 is 37.8 Å². The normalized spacial score (nSPS) is 12.1. The highest BCUT2D eigenvalue weighted by Crippen LogP contribution is 2.34. The van der Waals surface area contributed by atoms with Gasteiger partial charge in [-0.15, -0.1) is 0 Å². The zero-order chi connectivity index (χ0) is 14.4. The molecule has 1 N–H and O–H groups in total. The molecule has 0 saturated carbocycles.